The first-order valence-corrected chi connectivity index (χ1v) is 10.4. The lowest BCUT2D eigenvalue weighted by Crippen LogP contribution is -2.51. The van der Waals surface area contributed by atoms with Crippen molar-refractivity contribution in [2.24, 2.45) is 0 Å². The van der Waals surface area contributed by atoms with Crippen LogP contribution in [0.3, 0.4) is 0 Å². The predicted molar refractivity (Wildman–Crippen MR) is 117 cm³/mol. The number of carbonyl (C=O) groups excluding carboxylic acids is 1. The lowest BCUT2D eigenvalue weighted by atomic mass is 10.1. The van der Waals surface area contributed by atoms with Crippen molar-refractivity contribution in [2.75, 3.05) is 47.0 Å². The van der Waals surface area contributed by atoms with Gasteiger partial charge in [0.05, 0.1) is 14.2 Å². The molecule has 0 spiro atoms. The van der Waals surface area contributed by atoms with Crippen molar-refractivity contribution < 1.29 is 27.8 Å². The minimum atomic E-state index is -2.53. The fraction of sp³-hybridized carbons (Fsp3) is 0.435. The summed E-state index contributed by atoms with van der Waals surface area (Å²) in [6.45, 7) is 3.05. The molecule has 2 aromatic rings. The first-order valence-electron chi connectivity index (χ1n) is 10.4. The molecule has 2 amide bonds. The zero-order valence-corrected chi connectivity index (χ0v) is 18.4. The van der Waals surface area contributed by atoms with Gasteiger partial charge in [0.1, 0.15) is 23.9 Å². The van der Waals surface area contributed by atoms with Crippen LogP contribution >= 0.6 is 0 Å². The number of nitrogens with one attached hydrogen (secondary N) is 1. The number of piperazine rings is 1. The fourth-order valence-corrected chi connectivity index (χ4v) is 3.55. The predicted octanol–water partition coefficient (Wildman–Crippen LogP) is 3.38. The van der Waals surface area contributed by atoms with E-state index in [2.05, 4.69) is 10.2 Å². The normalized spacial score (nSPS) is 14.3. The Balaban J connectivity index is 1.46. The molecule has 7 nitrogen and oxygen atoms in total. The van der Waals surface area contributed by atoms with Gasteiger partial charge in [-0.25, -0.2) is 13.6 Å². The van der Waals surface area contributed by atoms with Gasteiger partial charge >= 0.3 is 6.03 Å². The summed E-state index contributed by atoms with van der Waals surface area (Å²) in [6, 6.07) is 12.4. The number of amides is 2. The molecule has 9 heteroatoms. The third kappa shape index (κ3) is 6.71. The third-order valence-corrected chi connectivity index (χ3v) is 5.26. The van der Waals surface area contributed by atoms with Crippen LogP contribution in [0.15, 0.2) is 42.5 Å². The van der Waals surface area contributed by atoms with Gasteiger partial charge in [0.15, 0.2) is 0 Å². The highest BCUT2D eigenvalue weighted by Crippen LogP contribution is 2.25. The maximum absolute atomic E-state index is 12.5. The molecular formula is C23H29F2N3O4. The van der Waals surface area contributed by atoms with Crippen molar-refractivity contribution in [3.63, 3.8) is 0 Å². The first kappa shape index (κ1) is 23.6. The van der Waals surface area contributed by atoms with Crippen LogP contribution in [0.25, 0.3) is 0 Å². The Morgan fingerprint density at radius 2 is 1.81 bits per heavy atom. The smallest absolute Gasteiger partial charge is 0.317 e. The average molecular weight is 449 g/mol. The molecule has 1 aliphatic rings. The second kappa shape index (κ2) is 11.5. The van der Waals surface area contributed by atoms with E-state index in [-0.39, 0.29) is 6.03 Å². The van der Waals surface area contributed by atoms with Crippen LogP contribution < -0.4 is 19.5 Å². The third-order valence-electron chi connectivity index (χ3n) is 5.26. The number of urea groups is 1. The number of nitrogens with zero attached hydrogens (tertiary/aromatic N) is 2. The van der Waals surface area contributed by atoms with Gasteiger partial charge in [-0.15, -0.1) is 0 Å². The number of hydrogen-bond donors (Lipinski definition) is 1. The van der Waals surface area contributed by atoms with E-state index in [0.29, 0.717) is 31.9 Å². The van der Waals surface area contributed by atoms with Gasteiger partial charge in [-0.2, -0.15) is 0 Å². The number of hydrogen-bond acceptors (Lipinski definition) is 5. The molecule has 1 N–H and O–H groups in total. The van der Waals surface area contributed by atoms with Gasteiger partial charge in [0.25, 0.3) is 6.43 Å². The maximum Gasteiger partial charge on any atom is 0.317 e. The van der Waals surface area contributed by atoms with Crippen molar-refractivity contribution in [1.82, 2.24) is 15.1 Å². The van der Waals surface area contributed by atoms with E-state index in [1.807, 2.05) is 24.3 Å². The standard InChI is InChI=1S/C23H29F2N3O4/c1-30-19-6-7-21(31-2)18(13-19)15-27-8-10-28(11-9-27)23(29)26-14-17-4-3-5-20(12-17)32-16-22(24)25/h3-7,12-13,22H,8-11,14-16H2,1-2H3,(H,26,29). The molecule has 1 aliphatic heterocycles. The quantitative estimate of drug-likeness (QED) is 0.636. The Morgan fingerprint density at radius 1 is 1.03 bits per heavy atom. The molecule has 1 heterocycles. The van der Waals surface area contributed by atoms with E-state index in [1.165, 1.54) is 0 Å². The summed E-state index contributed by atoms with van der Waals surface area (Å²) in [4.78, 5) is 16.6. The number of halogens is 2. The zero-order valence-electron chi connectivity index (χ0n) is 18.4. The van der Waals surface area contributed by atoms with Gasteiger partial charge in [-0.3, -0.25) is 4.90 Å². The van der Waals surface area contributed by atoms with E-state index in [1.54, 1.807) is 37.3 Å². The highest BCUT2D eigenvalue weighted by molar-refractivity contribution is 5.74. The maximum atomic E-state index is 12.5. The summed E-state index contributed by atoms with van der Waals surface area (Å²) < 4.78 is 40.4. The van der Waals surface area contributed by atoms with Crippen LogP contribution in [-0.4, -0.2) is 69.3 Å². The van der Waals surface area contributed by atoms with Crippen LogP contribution in [0, 0.1) is 0 Å². The molecule has 0 aliphatic carbocycles. The largest absolute Gasteiger partial charge is 0.497 e. The first-order chi connectivity index (χ1) is 15.5. The lowest BCUT2D eigenvalue weighted by Gasteiger charge is -2.35. The molecule has 32 heavy (non-hydrogen) atoms. The molecule has 0 saturated carbocycles. The highest BCUT2D eigenvalue weighted by atomic mass is 19.3. The van der Waals surface area contributed by atoms with Crippen LogP contribution in [0.1, 0.15) is 11.1 Å². The van der Waals surface area contributed by atoms with Gasteiger partial charge in [-0.1, -0.05) is 12.1 Å². The molecule has 0 aromatic heterocycles. The van der Waals surface area contributed by atoms with Crippen molar-refractivity contribution >= 4 is 6.03 Å². The van der Waals surface area contributed by atoms with Crippen LogP contribution in [0.4, 0.5) is 13.6 Å². The molecule has 3 rings (SSSR count). The van der Waals surface area contributed by atoms with E-state index < -0.39 is 13.0 Å². The van der Waals surface area contributed by atoms with E-state index in [0.717, 1.165) is 35.7 Å². The van der Waals surface area contributed by atoms with Gasteiger partial charge in [0.2, 0.25) is 0 Å². The van der Waals surface area contributed by atoms with Crippen LogP contribution in [0.5, 0.6) is 17.2 Å². The Hall–Kier alpha value is -3.07. The van der Waals surface area contributed by atoms with Crippen molar-refractivity contribution in [3.8, 4) is 17.2 Å². The van der Waals surface area contributed by atoms with Crippen LogP contribution in [-0.2, 0) is 13.1 Å². The Labute approximate surface area is 186 Å². The monoisotopic (exact) mass is 449 g/mol. The minimum Gasteiger partial charge on any atom is -0.497 e. The molecule has 0 bridgehead atoms. The molecular weight excluding hydrogens is 420 g/mol. The molecule has 174 valence electrons. The lowest BCUT2D eigenvalue weighted by molar-refractivity contribution is 0.0818. The molecule has 0 radical (unpaired) electrons. The SMILES string of the molecule is COc1ccc(OC)c(CN2CCN(C(=O)NCc3cccc(OCC(F)F)c3)CC2)c1. The number of carbonyl (C=O) groups is 1. The number of benzene rings is 2. The van der Waals surface area contributed by atoms with Crippen LogP contribution in [0.2, 0.25) is 0 Å². The number of methoxy groups -OCH3 is 2. The molecule has 0 atom stereocenters. The second-order valence-corrected chi connectivity index (χ2v) is 7.45. The van der Waals surface area contributed by atoms with E-state index in [4.69, 9.17) is 14.2 Å². The summed E-state index contributed by atoms with van der Waals surface area (Å²) in [5.74, 6) is 1.95. The second-order valence-electron chi connectivity index (χ2n) is 7.45. The van der Waals surface area contributed by atoms with E-state index >= 15 is 0 Å². The summed E-state index contributed by atoms with van der Waals surface area (Å²) in [5.41, 5.74) is 1.83. The molecule has 1 saturated heterocycles. The minimum absolute atomic E-state index is 0.150. The topological polar surface area (TPSA) is 63.3 Å². The number of alkyl halides is 2. The Bertz CT molecular complexity index is 889. The average Bonchev–Trinajstić information content (AvgIpc) is 2.82. The molecule has 1 fully saturated rings. The summed E-state index contributed by atoms with van der Waals surface area (Å²) >= 11 is 0. The summed E-state index contributed by atoms with van der Waals surface area (Å²) in [7, 11) is 3.28. The van der Waals surface area contributed by atoms with Gasteiger partial charge < -0.3 is 24.4 Å². The van der Waals surface area contributed by atoms with Crippen molar-refractivity contribution in [3.05, 3.63) is 53.6 Å². The Kier molecular flexibility index (Phi) is 8.49. The van der Waals surface area contributed by atoms with Crippen molar-refractivity contribution in [2.45, 2.75) is 19.5 Å². The summed E-state index contributed by atoms with van der Waals surface area (Å²) in [6.07, 6.45) is -2.53. The summed E-state index contributed by atoms with van der Waals surface area (Å²) in [5, 5.41) is 2.89. The molecule has 0 unspecified atom stereocenters. The number of ether oxygens (including phenoxy) is 3. The van der Waals surface area contributed by atoms with Crippen molar-refractivity contribution in [1.29, 1.82) is 0 Å². The number of rotatable bonds is 9. The van der Waals surface area contributed by atoms with E-state index in [9.17, 15) is 13.6 Å². The fourth-order valence-electron chi connectivity index (χ4n) is 3.55. The van der Waals surface area contributed by atoms with Gasteiger partial charge in [-0.05, 0) is 35.9 Å². The zero-order chi connectivity index (χ0) is 22.9. The Morgan fingerprint density at radius 3 is 2.50 bits per heavy atom. The van der Waals surface area contributed by atoms with Gasteiger partial charge in [0, 0.05) is 44.8 Å². The molecule has 2 aromatic carbocycles. The highest BCUT2D eigenvalue weighted by Gasteiger charge is 2.22.